The summed E-state index contributed by atoms with van der Waals surface area (Å²) < 4.78 is 0.826. The van der Waals surface area contributed by atoms with Gasteiger partial charge >= 0.3 is 0 Å². The van der Waals surface area contributed by atoms with Gasteiger partial charge in [0.05, 0.1) is 5.56 Å². The number of hydrogen-bond donors (Lipinski definition) is 1. The standard InChI is InChI=1S/C17H23BrN2O/c1-16(2)7-12-8-17(3,9-16)10-20(12)15(21)13-6-11(19)4-5-14(13)18/h4-6,12H,7-10,19H2,1-3H3. The van der Waals surface area contributed by atoms with Gasteiger partial charge in [0, 0.05) is 22.7 Å². The molecule has 1 aromatic carbocycles. The minimum atomic E-state index is 0.112. The van der Waals surface area contributed by atoms with E-state index in [1.807, 2.05) is 12.1 Å². The Labute approximate surface area is 135 Å². The van der Waals surface area contributed by atoms with Crippen LogP contribution in [-0.2, 0) is 0 Å². The van der Waals surface area contributed by atoms with Gasteiger partial charge in [0.15, 0.2) is 0 Å². The molecule has 3 nitrogen and oxygen atoms in total. The van der Waals surface area contributed by atoms with Crippen molar-refractivity contribution >= 4 is 27.5 Å². The first-order valence-electron chi connectivity index (χ1n) is 7.55. The summed E-state index contributed by atoms with van der Waals surface area (Å²) in [6, 6.07) is 5.81. The summed E-state index contributed by atoms with van der Waals surface area (Å²) in [5.74, 6) is 0.112. The van der Waals surface area contributed by atoms with Crippen molar-refractivity contribution < 1.29 is 4.79 Å². The summed E-state index contributed by atoms with van der Waals surface area (Å²) in [5, 5.41) is 0. The van der Waals surface area contributed by atoms with Gasteiger partial charge in [-0.25, -0.2) is 0 Å². The minimum Gasteiger partial charge on any atom is -0.399 e. The molecule has 0 radical (unpaired) electrons. The molecule has 4 heteroatoms. The third-order valence-electron chi connectivity index (χ3n) is 4.90. The predicted octanol–water partition coefficient (Wildman–Crippen LogP) is 4.07. The molecule has 0 aromatic heterocycles. The average molecular weight is 351 g/mol. The number of fused-ring (bicyclic) bond motifs is 2. The Morgan fingerprint density at radius 2 is 2.05 bits per heavy atom. The van der Waals surface area contributed by atoms with Gasteiger partial charge in [0.1, 0.15) is 0 Å². The van der Waals surface area contributed by atoms with Crippen molar-refractivity contribution in [1.29, 1.82) is 0 Å². The lowest BCUT2D eigenvalue weighted by molar-refractivity contribution is 0.0707. The highest BCUT2D eigenvalue weighted by molar-refractivity contribution is 9.10. The second-order valence-corrected chi connectivity index (χ2v) is 8.74. The summed E-state index contributed by atoms with van der Waals surface area (Å²) >= 11 is 3.48. The quantitative estimate of drug-likeness (QED) is 0.775. The number of amides is 1. The Bertz CT molecular complexity index is 598. The second-order valence-electron chi connectivity index (χ2n) is 7.89. The second kappa shape index (κ2) is 4.73. The largest absolute Gasteiger partial charge is 0.399 e. The van der Waals surface area contributed by atoms with Crippen LogP contribution in [0.15, 0.2) is 22.7 Å². The van der Waals surface area contributed by atoms with E-state index in [-0.39, 0.29) is 11.3 Å². The van der Waals surface area contributed by atoms with Crippen LogP contribution >= 0.6 is 15.9 Å². The number of nitrogens with zero attached hydrogens (tertiary/aromatic N) is 1. The number of nitrogens with two attached hydrogens (primary N) is 1. The first kappa shape index (κ1) is 14.9. The molecule has 21 heavy (non-hydrogen) atoms. The molecule has 2 unspecified atom stereocenters. The van der Waals surface area contributed by atoms with Gasteiger partial charge < -0.3 is 10.6 Å². The van der Waals surface area contributed by atoms with Crippen LogP contribution in [0.4, 0.5) is 5.69 Å². The van der Waals surface area contributed by atoms with Crippen LogP contribution in [0.5, 0.6) is 0 Å². The highest BCUT2D eigenvalue weighted by atomic mass is 79.9. The molecule has 114 valence electrons. The molecule has 2 fully saturated rings. The number of carbonyl (C=O) groups is 1. The Hall–Kier alpha value is -1.03. The van der Waals surface area contributed by atoms with Crippen molar-refractivity contribution in [1.82, 2.24) is 4.90 Å². The molecular formula is C17H23BrN2O. The topological polar surface area (TPSA) is 46.3 Å². The number of likely N-dealkylation sites (tertiary alicyclic amines) is 1. The van der Waals surface area contributed by atoms with Gasteiger partial charge in [-0.2, -0.15) is 0 Å². The van der Waals surface area contributed by atoms with Gasteiger partial charge in [-0.3, -0.25) is 4.79 Å². The summed E-state index contributed by atoms with van der Waals surface area (Å²) in [4.78, 5) is 15.0. The van der Waals surface area contributed by atoms with Crippen LogP contribution in [0.2, 0.25) is 0 Å². The molecule has 1 saturated heterocycles. The maximum absolute atomic E-state index is 13.0. The number of anilines is 1. The molecule has 1 heterocycles. The number of carbonyl (C=O) groups excluding carboxylic acids is 1. The number of halogens is 1. The van der Waals surface area contributed by atoms with Crippen molar-refractivity contribution in [2.24, 2.45) is 10.8 Å². The SMILES string of the molecule is CC1(C)CC2CC(C)(CN2C(=O)c2cc(N)ccc2Br)C1. The van der Waals surface area contributed by atoms with E-state index < -0.39 is 0 Å². The summed E-state index contributed by atoms with van der Waals surface area (Å²) in [5.41, 5.74) is 7.74. The fourth-order valence-electron chi connectivity index (χ4n) is 4.56. The van der Waals surface area contributed by atoms with Crippen LogP contribution in [0.3, 0.4) is 0 Å². The first-order chi connectivity index (χ1) is 9.69. The molecular weight excluding hydrogens is 328 g/mol. The third-order valence-corrected chi connectivity index (χ3v) is 5.59. The third kappa shape index (κ3) is 2.70. The monoisotopic (exact) mass is 350 g/mol. The Kier molecular flexibility index (Phi) is 3.36. The maximum Gasteiger partial charge on any atom is 0.255 e. The van der Waals surface area contributed by atoms with Gasteiger partial charge in [-0.1, -0.05) is 20.8 Å². The summed E-state index contributed by atoms with van der Waals surface area (Å²) in [7, 11) is 0. The molecule has 2 atom stereocenters. The number of rotatable bonds is 1. The van der Waals surface area contributed by atoms with Crippen LogP contribution in [0.25, 0.3) is 0 Å². The highest BCUT2D eigenvalue weighted by Crippen LogP contribution is 2.52. The van der Waals surface area contributed by atoms with E-state index in [2.05, 4.69) is 41.6 Å². The zero-order valence-corrected chi connectivity index (χ0v) is 14.5. The minimum absolute atomic E-state index is 0.112. The molecule has 2 bridgehead atoms. The van der Waals surface area contributed by atoms with E-state index in [9.17, 15) is 4.79 Å². The van der Waals surface area contributed by atoms with Gasteiger partial charge in [0.25, 0.3) is 5.91 Å². The van der Waals surface area contributed by atoms with Crippen molar-refractivity contribution in [3.63, 3.8) is 0 Å². The smallest absolute Gasteiger partial charge is 0.255 e. The van der Waals surface area contributed by atoms with Crippen LogP contribution in [-0.4, -0.2) is 23.4 Å². The fraction of sp³-hybridized carbons (Fsp3) is 0.588. The van der Waals surface area contributed by atoms with E-state index in [1.54, 1.807) is 6.07 Å². The molecule has 1 amide bonds. The Balaban J connectivity index is 1.91. The van der Waals surface area contributed by atoms with Crippen molar-refractivity contribution in [3.05, 3.63) is 28.2 Å². The number of nitrogen functional groups attached to an aromatic ring is 1. The summed E-state index contributed by atoms with van der Waals surface area (Å²) in [6.45, 7) is 7.83. The van der Waals surface area contributed by atoms with E-state index in [0.29, 0.717) is 22.7 Å². The van der Waals surface area contributed by atoms with Crippen molar-refractivity contribution in [3.8, 4) is 0 Å². The van der Waals surface area contributed by atoms with E-state index in [0.717, 1.165) is 23.9 Å². The molecule has 1 aliphatic heterocycles. The molecule has 1 aliphatic carbocycles. The van der Waals surface area contributed by atoms with Gasteiger partial charge in [-0.15, -0.1) is 0 Å². The maximum atomic E-state index is 13.0. The number of hydrogen-bond acceptors (Lipinski definition) is 2. The first-order valence-corrected chi connectivity index (χ1v) is 8.35. The lowest BCUT2D eigenvalue weighted by Crippen LogP contribution is -2.37. The fourth-order valence-corrected chi connectivity index (χ4v) is 4.98. The Morgan fingerprint density at radius 3 is 2.76 bits per heavy atom. The van der Waals surface area contributed by atoms with Crippen molar-refractivity contribution in [2.75, 3.05) is 12.3 Å². The van der Waals surface area contributed by atoms with E-state index in [1.165, 1.54) is 6.42 Å². The van der Waals surface area contributed by atoms with Gasteiger partial charge in [-0.05, 0) is 64.2 Å². The van der Waals surface area contributed by atoms with Crippen LogP contribution in [0.1, 0.15) is 50.4 Å². The number of benzene rings is 1. The molecule has 0 spiro atoms. The summed E-state index contributed by atoms with van der Waals surface area (Å²) in [6.07, 6.45) is 3.41. The zero-order valence-electron chi connectivity index (χ0n) is 12.9. The predicted molar refractivity (Wildman–Crippen MR) is 89.1 cm³/mol. The Morgan fingerprint density at radius 1 is 1.33 bits per heavy atom. The zero-order chi connectivity index (χ0) is 15.4. The lowest BCUT2D eigenvalue weighted by Gasteiger charge is -2.39. The molecule has 1 saturated carbocycles. The molecule has 2 N–H and O–H groups in total. The van der Waals surface area contributed by atoms with Crippen LogP contribution in [0, 0.1) is 10.8 Å². The normalized spacial score (nSPS) is 30.5. The lowest BCUT2D eigenvalue weighted by atomic mass is 9.65. The molecule has 2 aliphatic rings. The molecule has 1 aromatic rings. The highest BCUT2D eigenvalue weighted by Gasteiger charge is 2.51. The van der Waals surface area contributed by atoms with Crippen LogP contribution < -0.4 is 5.73 Å². The van der Waals surface area contributed by atoms with E-state index in [4.69, 9.17) is 5.73 Å². The van der Waals surface area contributed by atoms with E-state index >= 15 is 0 Å². The molecule has 3 rings (SSSR count). The van der Waals surface area contributed by atoms with Gasteiger partial charge in [0.2, 0.25) is 0 Å². The average Bonchev–Trinajstić information content (AvgIpc) is 2.61. The van der Waals surface area contributed by atoms with Crippen molar-refractivity contribution in [2.45, 2.75) is 46.1 Å².